The lowest BCUT2D eigenvalue weighted by molar-refractivity contribution is 0.106. The van der Waals surface area contributed by atoms with Gasteiger partial charge in [0.15, 0.2) is 0 Å². The monoisotopic (exact) mass is 371 g/mol. The van der Waals surface area contributed by atoms with E-state index in [1.165, 1.54) is 4.88 Å². The van der Waals surface area contributed by atoms with Crippen LogP contribution in [0.3, 0.4) is 0 Å². The molecule has 4 nitrogen and oxygen atoms in total. The predicted molar refractivity (Wildman–Crippen MR) is 88.2 cm³/mol. The van der Waals surface area contributed by atoms with Crippen molar-refractivity contribution in [1.82, 2.24) is 5.32 Å². The van der Waals surface area contributed by atoms with E-state index in [1.54, 1.807) is 18.4 Å². The summed E-state index contributed by atoms with van der Waals surface area (Å²) >= 11 is 5.16. The molecular weight excluding hydrogens is 354 g/mol. The van der Waals surface area contributed by atoms with Crippen LogP contribution in [0.4, 0.5) is 0 Å². The first kappa shape index (κ1) is 16.3. The second kappa shape index (κ2) is 8.38. The Balaban J connectivity index is 1.67. The molecule has 0 aliphatic heterocycles. The number of methoxy groups -OCH3 is 1. The van der Waals surface area contributed by atoms with Crippen LogP contribution in [0.15, 0.2) is 40.2 Å². The summed E-state index contributed by atoms with van der Waals surface area (Å²) in [7, 11) is 1.62. The molecule has 21 heavy (non-hydrogen) atoms. The van der Waals surface area contributed by atoms with Crippen LogP contribution in [0, 0.1) is 0 Å². The molecule has 0 saturated carbocycles. The highest BCUT2D eigenvalue weighted by Gasteiger charge is 2.06. The van der Waals surface area contributed by atoms with E-state index in [9.17, 15) is 5.11 Å². The number of thiophene rings is 1. The first-order valence-electron chi connectivity index (χ1n) is 6.56. The first-order chi connectivity index (χ1) is 10.2. The summed E-state index contributed by atoms with van der Waals surface area (Å²) in [6, 6.07) is 9.32. The molecule has 6 heteroatoms. The van der Waals surface area contributed by atoms with E-state index in [4.69, 9.17) is 9.47 Å². The fourth-order valence-corrected chi connectivity index (χ4v) is 3.19. The fraction of sp³-hybridized carbons (Fsp3) is 0.333. The first-order valence-corrected chi connectivity index (χ1v) is 8.24. The molecular formula is C15H18BrNO3S. The molecule has 0 fully saturated rings. The highest BCUT2D eigenvalue weighted by molar-refractivity contribution is 9.10. The summed E-state index contributed by atoms with van der Waals surface area (Å²) in [5, 5.41) is 15.1. The Kier molecular flexibility index (Phi) is 6.50. The van der Waals surface area contributed by atoms with Crippen molar-refractivity contribution in [1.29, 1.82) is 0 Å². The minimum Gasteiger partial charge on any atom is -0.497 e. The fourth-order valence-electron chi connectivity index (χ4n) is 1.73. The smallest absolute Gasteiger partial charge is 0.119 e. The zero-order valence-corrected chi connectivity index (χ0v) is 14.1. The Bertz CT molecular complexity index is 544. The van der Waals surface area contributed by atoms with Crippen molar-refractivity contribution in [2.24, 2.45) is 0 Å². The minimum atomic E-state index is -0.550. The number of ether oxygens (including phenoxy) is 2. The van der Waals surface area contributed by atoms with E-state index < -0.39 is 6.10 Å². The Labute approximate surface area is 136 Å². The third kappa shape index (κ3) is 5.32. The number of benzene rings is 1. The molecule has 2 aromatic rings. The summed E-state index contributed by atoms with van der Waals surface area (Å²) in [4.78, 5) is 1.22. The Morgan fingerprint density at radius 2 is 1.95 bits per heavy atom. The zero-order valence-electron chi connectivity index (χ0n) is 11.7. The van der Waals surface area contributed by atoms with E-state index in [2.05, 4.69) is 21.2 Å². The van der Waals surface area contributed by atoms with Gasteiger partial charge in [0.1, 0.15) is 24.2 Å². The Morgan fingerprint density at radius 3 is 2.57 bits per heavy atom. The van der Waals surface area contributed by atoms with Gasteiger partial charge in [-0.25, -0.2) is 0 Å². The topological polar surface area (TPSA) is 50.7 Å². The lowest BCUT2D eigenvalue weighted by atomic mass is 10.3. The van der Waals surface area contributed by atoms with Gasteiger partial charge in [-0.1, -0.05) is 0 Å². The van der Waals surface area contributed by atoms with Crippen molar-refractivity contribution in [3.8, 4) is 11.5 Å². The number of aliphatic hydroxyl groups is 1. The maximum absolute atomic E-state index is 9.89. The van der Waals surface area contributed by atoms with E-state index in [0.717, 1.165) is 22.5 Å². The normalized spacial score (nSPS) is 12.1. The number of halogens is 1. The molecule has 0 aliphatic rings. The summed E-state index contributed by atoms with van der Waals surface area (Å²) in [5.74, 6) is 1.50. The quantitative estimate of drug-likeness (QED) is 0.748. The van der Waals surface area contributed by atoms with Gasteiger partial charge in [0.2, 0.25) is 0 Å². The molecule has 0 saturated heterocycles. The second-order valence-corrected chi connectivity index (χ2v) is 6.32. The molecule has 114 valence electrons. The molecule has 1 aromatic heterocycles. The van der Waals surface area contributed by atoms with Crippen molar-refractivity contribution in [2.75, 3.05) is 20.3 Å². The zero-order chi connectivity index (χ0) is 15.1. The van der Waals surface area contributed by atoms with Crippen molar-refractivity contribution in [3.05, 3.63) is 45.1 Å². The van der Waals surface area contributed by atoms with Crippen LogP contribution in [0.2, 0.25) is 0 Å². The third-order valence-electron chi connectivity index (χ3n) is 2.86. The van der Waals surface area contributed by atoms with Crippen LogP contribution in [0.5, 0.6) is 11.5 Å². The van der Waals surface area contributed by atoms with Gasteiger partial charge in [-0.15, -0.1) is 11.3 Å². The maximum atomic E-state index is 9.89. The van der Waals surface area contributed by atoms with Crippen molar-refractivity contribution < 1.29 is 14.6 Å². The average molecular weight is 372 g/mol. The van der Waals surface area contributed by atoms with E-state index in [-0.39, 0.29) is 6.61 Å². The van der Waals surface area contributed by atoms with E-state index in [1.807, 2.05) is 35.7 Å². The second-order valence-electron chi connectivity index (χ2n) is 4.46. The average Bonchev–Trinajstić information content (AvgIpc) is 2.91. The van der Waals surface area contributed by atoms with Crippen LogP contribution >= 0.6 is 27.3 Å². The van der Waals surface area contributed by atoms with Crippen LogP contribution in [0.25, 0.3) is 0 Å². The van der Waals surface area contributed by atoms with Crippen molar-refractivity contribution in [3.63, 3.8) is 0 Å². The highest BCUT2D eigenvalue weighted by atomic mass is 79.9. The van der Waals surface area contributed by atoms with Crippen molar-refractivity contribution >= 4 is 27.3 Å². The van der Waals surface area contributed by atoms with Crippen molar-refractivity contribution in [2.45, 2.75) is 12.6 Å². The summed E-state index contributed by atoms with van der Waals surface area (Å²) in [6.45, 7) is 1.48. The molecule has 2 N–H and O–H groups in total. The molecule has 1 aromatic carbocycles. The summed E-state index contributed by atoms with van der Waals surface area (Å²) in [5.41, 5.74) is 0. The maximum Gasteiger partial charge on any atom is 0.119 e. The number of nitrogens with one attached hydrogen (secondary N) is 1. The number of hydrogen-bond acceptors (Lipinski definition) is 5. The van der Waals surface area contributed by atoms with Crippen LogP contribution < -0.4 is 14.8 Å². The Morgan fingerprint density at radius 1 is 1.24 bits per heavy atom. The molecule has 1 heterocycles. The molecule has 0 spiro atoms. The summed E-state index contributed by atoms with van der Waals surface area (Å²) in [6.07, 6.45) is -0.550. The SMILES string of the molecule is COc1ccc(OCC(O)CNCc2sccc2Br)cc1. The lowest BCUT2D eigenvalue weighted by Crippen LogP contribution is -2.31. The predicted octanol–water partition coefficient (Wildman–Crippen LogP) is 3.05. The Hall–Kier alpha value is -1.08. The standard InChI is InChI=1S/C15H18BrNO3S/c1-19-12-2-4-13(5-3-12)20-10-11(18)8-17-9-15-14(16)6-7-21-15/h2-7,11,17-18H,8-10H2,1H3. The molecule has 0 amide bonds. The van der Waals surface area contributed by atoms with Gasteiger partial charge < -0.3 is 19.9 Å². The largest absolute Gasteiger partial charge is 0.497 e. The highest BCUT2D eigenvalue weighted by Crippen LogP contribution is 2.22. The third-order valence-corrected chi connectivity index (χ3v) is 4.78. The van der Waals surface area contributed by atoms with E-state index >= 15 is 0 Å². The van der Waals surface area contributed by atoms with Crippen LogP contribution in [-0.2, 0) is 6.54 Å². The van der Waals surface area contributed by atoms with Gasteiger partial charge in [-0.05, 0) is 51.6 Å². The van der Waals surface area contributed by atoms with Gasteiger partial charge in [0.25, 0.3) is 0 Å². The number of rotatable bonds is 8. The van der Waals surface area contributed by atoms with Gasteiger partial charge in [0, 0.05) is 22.4 Å². The van der Waals surface area contributed by atoms with Crippen LogP contribution in [-0.4, -0.2) is 31.5 Å². The van der Waals surface area contributed by atoms with Gasteiger partial charge in [0.05, 0.1) is 7.11 Å². The number of aliphatic hydroxyl groups excluding tert-OH is 1. The molecule has 0 radical (unpaired) electrons. The molecule has 1 atom stereocenters. The van der Waals surface area contributed by atoms with Gasteiger partial charge in [-0.3, -0.25) is 0 Å². The molecule has 1 unspecified atom stereocenters. The molecule has 0 bridgehead atoms. The van der Waals surface area contributed by atoms with Crippen LogP contribution in [0.1, 0.15) is 4.88 Å². The minimum absolute atomic E-state index is 0.255. The lowest BCUT2D eigenvalue weighted by Gasteiger charge is -2.13. The van der Waals surface area contributed by atoms with Gasteiger partial charge >= 0.3 is 0 Å². The molecule has 2 rings (SSSR count). The summed E-state index contributed by atoms with van der Waals surface area (Å²) < 4.78 is 11.7. The number of hydrogen-bond donors (Lipinski definition) is 2. The van der Waals surface area contributed by atoms with Gasteiger partial charge in [-0.2, -0.15) is 0 Å². The molecule has 0 aliphatic carbocycles. The van der Waals surface area contributed by atoms with E-state index in [0.29, 0.717) is 6.54 Å².